The third-order valence-electron chi connectivity index (χ3n) is 2.04. The van der Waals surface area contributed by atoms with Crippen molar-refractivity contribution in [1.82, 2.24) is 5.32 Å². The van der Waals surface area contributed by atoms with E-state index in [9.17, 15) is 9.59 Å². The Hall–Kier alpha value is -1.10. The van der Waals surface area contributed by atoms with Crippen molar-refractivity contribution in [3.63, 3.8) is 0 Å². The number of hydrogen-bond donors (Lipinski definition) is 3. The summed E-state index contributed by atoms with van der Waals surface area (Å²) in [5, 5.41) is 11.3. The molecule has 0 saturated heterocycles. The van der Waals surface area contributed by atoms with Crippen LogP contribution in [0.15, 0.2) is 0 Å². The average molecular weight is 216 g/mol. The maximum atomic E-state index is 10.9. The highest BCUT2D eigenvalue weighted by molar-refractivity contribution is 5.77. The Morgan fingerprint density at radius 1 is 1.40 bits per heavy atom. The van der Waals surface area contributed by atoms with Crippen LogP contribution in [0.5, 0.6) is 0 Å². The summed E-state index contributed by atoms with van der Waals surface area (Å²) in [6, 6.07) is 0. The number of nitrogens with one attached hydrogen (secondary N) is 1. The average Bonchev–Trinajstić information content (AvgIpc) is 2.11. The number of hydrogen-bond acceptors (Lipinski definition) is 3. The second-order valence-electron chi connectivity index (χ2n) is 4.10. The number of carbonyl (C=O) groups excluding carboxylic acids is 1. The van der Waals surface area contributed by atoms with Crippen molar-refractivity contribution in [2.75, 3.05) is 13.1 Å². The molecular formula is C10H20N2O3. The van der Waals surface area contributed by atoms with Gasteiger partial charge in [0.25, 0.3) is 0 Å². The van der Waals surface area contributed by atoms with Gasteiger partial charge in [0.2, 0.25) is 5.91 Å². The van der Waals surface area contributed by atoms with Crippen molar-refractivity contribution >= 4 is 11.9 Å². The molecule has 0 aliphatic carbocycles. The van der Waals surface area contributed by atoms with Crippen LogP contribution < -0.4 is 11.1 Å². The number of carbonyl (C=O) groups is 2. The second kappa shape index (κ2) is 7.23. The maximum Gasteiger partial charge on any atom is 0.303 e. The molecule has 88 valence electrons. The first-order valence-electron chi connectivity index (χ1n) is 5.14. The molecule has 0 aromatic carbocycles. The molecule has 0 rings (SSSR count). The van der Waals surface area contributed by atoms with Gasteiger partial charge in [0, 0.05) is 13.0 Å². The predicted octanol–water partition coefficient (Wildman–Crippen LogP) is 0.198. The molecule has 4 N–H and O–H groups in total. The minimum atomic E-state index is -0.831. The Bertz CT molecular complexity index is 217. The first-order valence-corrected chi connectivity index (χ1v) is 5.14. The van der Waals surface area contributed by atoms with E-state index < -0.39 is 5.97 Å². The first-order chi connectivity index (χ1) is 6.95. The molecule has 0 radical (unpaired) electrons. The Morgan fingerprint density at radius 3 is 2.40 bits per heavy atom. The molecule has 5 heteroatoms. The molecule has 0 bridgehead atoms. The number of aliphatic carboxylic acids is 1. The fraction of sp³-hybridized carbons (Fsp3) is 0.800. The van der Waals surface area contributed by atoms with Crippen LogP contribution in [-0.4, -0.2) is 30.1 Å². The van der Waals surface area contributed by atoms with Crippen LogP contribution in [0.3, 0.4) is 0 Å². The largest absolute Gasteiger partial charge is 0.481 e. The van der Waals surface area contributed by atoms with Gasteiger partial charge in [0.15, 0.2) is 0 Å². The summed E-state index contributed by atoms with van der Waals surface area (Å²) >= 11 is 0. The fourth-order valence-corrected chi connectivity index (χ4v) is 1.48. The lowest BCUT2D eigenvalue weighted by Crippen LogP contribution is -2.35. The highest BCUT2D eigenvalue weighted by Gasteiger charge is 2.15. The van der Waals surface area contributed by atoms with E-state index in [1.54, 1.807) is 0 Å². The number of amides is 1. The first kappa shape index (κ1) is 13.9. The summed E-state index contributed by atoms with van der Waals surface area (Å²) < 4.78 is 0. The highest BCUT2D eigenvalue weighted by atomic mass is 16.4. The topological polar surface area (TPSA) is 92.4 Å². The van der Waals surface area contributed by atoms with Crippen molar-refractivity contribution in [3.05, 3.63) is 0 Å². The van der Waals surface area contributed by atoms with Gasteiger partial charge < -0.3 is 16.2 Å². The van der Waals surface area contributed by atoms with E-state index in [1.807, 2.05) is 13.8 Å². The zero-order valence-corrected chi connectivity index (χ0v) is 9.32. The Balaban J connectivity index is 4.00. The SMILES string of the molecule is CC(C)CC(CNC(=O)CN)CC(=O)O. The number of nitrogens with two attached hydrogens (primary N) is 1. The summed E-state index contributed by atoms with van der Waals surface area (Å²) in [4.78, 5) is 21.5. The lowest BCUT2D eigenvalue weighted by atomic mass is 9.94. The van der Waals surface area contributed by atoms with Gasteiger partial charge in [0.1, 0.15) is 0 Å². The van der Waals surface area contributed by atoms with Crippen LogP contribution in [0, 0.1) is 11.8 Å². The van der Waals surface area contributed by atoms with Crippen molar-refractivity contribution < 1.29 is 14.7 Å². The lowest BCUT2D eigenvalue weighted by molar-refractivity contribution is -0.138. The molecule has 1 unspecified atom stereocenters. The number of carboxylic acids is 1. The van der Waals surface area contributed by atoms with Crippen LogP contribution >= 0.6 is 0 Å². The van der Waals surface area contributed by atoms with Crippen LogP contribution in [0.4, 0.5) is 0 Å². The molecule has 0 aliphatic heterocycles. The van der Waals surface area contributed by atoms with Crippen LogP contribution in [0.1, 0.15) is 26.7 Å². The molecule has 5 nitrogen and oxygen atoms in total. The Kier molecular flexibility index (Phi) is 6.70. The van der Waals surface area contributed by atoms with E-state index in [1.165, 1.54) is 0 Å². The van der Waals surface area contributed by atoms with Crippen molar-refractivity contribution in [3.8, 4) is 0 Å². The van der Waals surface area contributed by atoms with Gasteiger partial charge in [-0.1, -0.05) is 13.8 Å². The summed E-state index contributed by atoms with van der Waals surface area (Å²) in [5.74, 6) is -0.668. The summed E-state index contributed by atoms with van der Waals surface area (Å²) in [7, 11) is 0. The molecular weight excluding hydrogens is 196 g/mol. The quantitative estimate of drug-likeness (QED) is 0.566. The second-order valence-corrected chi connectivity index (χ2v) is 4.10. The summed E-state index contributed by atoms with van der Waals surface area (Å²) in [6.07, 6.45) is 0.875. The monoisotopic (exact) mass is 216 g/mol. The summed E-state index contributed by atoms with van der Waals surface area (Å²) in [5.41, 5.74) is 5.13. The van der Waals surface area contributed by atoms with Gasteiger partial charge >= 0.3 is 5.97 Å². The fourth-order valence-electron chi connectivity index (χ4n) is 1.48. The third-order valence-corrected chi connectivity index (χ3v) is 2.04. The molecule has 15 heavy (non-hydrogen) atoms. The van der Waals surface area contributed by atoms with Crippen LogP contribution in [-0.2, 0) is 9.59 Å². The van der Waals surface area contributed by atoms with Crippen molar-refractivity contribution in [2.24, 2.45) is 17.6 Å². The molecule has 0 aromatic heterocycles. The Labute approximate surface area is 90.0 Å². The molecule has 1 amide bonds. The van der Waals surface area contributed by atoms with E-state index in [-0.39, 0.29) is 24.8 Å². The van der Waals surface area contributed by atoms with Gasteiger partial charge in [-0.3, -0.25) is 9.59 Å². The maximum absolute atomic E-state index is 10.9. The predicted molar refractivity (Wildman–Crippen MR) is 57.3 cm³/mol. The summed E-state index contributed by atoms with van der Waals surface area (Å²) in [6.45, 7) is 4.39. The van der Waals surface area contributed by atoms with Crippen LogP contribution in [0.25, 0.3) is 0 Å². The van der Waals surface area contributed by atoms with Gasteiger partial charge in [-0.25, -0.2) is 0 Å². The van der Waals surface area contributed by atoms with E-state index in [4.69, 9.17) is 10.8 Å². The molecule has 0 fully saturated rings. The van der Waals surface area contributed by atoms with Gasteiger partial charge in [-0.2, -0.15) is 0 Å². The Morgan fingerprint density at radius 2 is 2.00 bits per heavy atom. The highest BCUT2D eigenvalue weighted by Crippen LogP contribution is 2.14. The molecule has 0 heterocycles. The van der Waals surface area contributed by atoms with E-state index in [2.05, 4.69) is 5.32 Å². The normalized spacial score (nSPS) is 12.5. The standard InChI is InChI=1S/C10H20N2O3/c1-7(2)3-8(4-10(14)15)6-12-9(13)5-11/h7-8H,3-6,11H2,1-2H3,(H,12,13)(H,14,15). The van der Waals surface area contributed by atoms with E-state index >= 15 is 0 Å². The van der Waals surface area contributed by atoms with Gasteiger partial charge in [-0.05, 0) is 18.3 Å². The van der Waals surface area contributed by atoms with Crippen LogP contribution in [0.2, 0.25) is 0 Å². The zero-order valence-electron chi connectivity index (χ0n) is 9.32. The van der Waals surface area contributed by atoms with E-state index in [0.717, 1.165) is 6.42 Å². The number of carboxylic acid groups (broad SMARTS) is 1. The molecule has 0 spiro atoms. The third kappa shape index (κ3) is 7.93. The van der Waals surface area contributed by atoms with Crippen molar-refractivity contribution in [1.29, 1.82) is 0 Å². The van der Waals surface area contributed by atoms with Crippen molar-refractivity contribution in [2.45, 2.75) is 26.7 Å². The zero-order chi connectivity index (χ0) is 11.8. The minimum Gasteiger partial charge on any atom is -0.481 e. The minimum absolute atomic E-state index is 0.0157. The van der Waals surface area contributed by atoms with Gasteiger partial charge in [-0.15, -0.1) is 0 Å². The van der Waals surface area contributed by atoms with E-state index in [0.29, 0.717) is 12.5 Å². The molecule has 1 atom stereocenters. The van der Waals surface area contributed by atoms with Gasteiger partial charge in [0.05, 0.1) is 6.54 Å². The molecule has 0 aromatic rings. The molecule has 0 aliphatic rings. The lowest BCUT2D eigenvalue weighted by Gasteiger charge is -2.17. The molecule has 0 saturated carbocycles. The number of rotatable bonds is 7. The smallest absolute Gasteiger partial charge is 0.303 e.